The van der Waals surface area contributed by atoms with Crippen LogP contribution in [0.5, 0.6) is 0 Å². The maximum atomic E-state index is 14.8. The van der Waals surface area contributed by atoms with Crippen molar-refractivity contribution in [2.24, 2.45) is 10.7 Å². The molecule has 3 atom stereocenters. The van der Waals surface area contributed by atoms with Gasteiger partial charge in [0.1, 0.15) is 5.82 Å². The zero-order valence-corrected chi connectivity index (χ0v) is 20.1. The zero-order chi connectivity index (χ0) is 25.3. The Hall–Kier alpha value is -3.30. The number of rotatable bonds is 7. The first kappa shape index (κ1) is 24.8. The molecule has 0 aromatic heterocycles. The maximum Gasteiger partial charge on any atom is 0.251 e. The highest BCUT2D eigenvalue weighted by molar-refractivity contribution is 5.99. The molecule has 8 nitrogen and oxygen atoms in total. The summed E-state index contributed by atoms with van der Waals surface area (Å²) >= 11 is 0. The van der Waals surface area contributed by atoms with Gasteiger partial charge in [-0.3, -0.25) is 14.5 Å². The van der Waals surface area contributed by atoms with Gasteiger partial charge in [-0.2, -0.15) is 0 Å². The van der Waals surface area contributed by atoms with Crippen molar-refractivity contribution in [1.82, 2.24) is 10.2 Å². The van der Waals surface area contributed by atoms with Gasteiger partial charge in [-0.15, -0.1) is 0 Å². The van der Waals surface area contributed by atoms with Crippen LogP contribution < -0.4 is 11.1 Å². The minimum Gasteiger partial charge on any atom is -0.390 e. The summed E-state index contributed by atoms with van der Waals surface area (Å²) in [6.07, 6.45) is 0.140. The molecule has 35 heavy (non-hydrogen) atoms. The predicted molar refractivity (Wildman–Crippen MR) is 129 cm³/mol. The number of aliphatic hydroxyl groups is 1. The summed E-state index contributed by atoms with van der Waals surface area (Å²) in [5, 5.41) is 13.3. The number of ether oxygens (including phenoxy) is 1. The highest BCUT2D eigenvalue weighted by Gasteiger charge is 2.37. The number of carbonyl (C=O) groups is 2. The molecule has 2 aromatic rings. The van der Waals surface area contributed by atoms with Crippen LogP contribution in [0.4, 0.5) is 4.39 Å². The second kappa shape index (κ2) is 9.75. The number of guanidine groups is 1. The van der Waals surface area contributed by atoms with Crippen LogP contribution in [0.3, 0.4) is 0 Å². The van der Waals surface area contributed by atoms with E-state index in [1.165, 1.54) is 18.1 Å². The Balaban J connectivity index is 1.65. The molecule has 1 aliphatic heterocycles. The van der Waals surface area contributed by atoms with Gasteiger partial charge in [-0.1, -0.05) is 24.3 Å². The molecule has 1 aliphatic carbocycles. The van der Waals surface area contributed by atoms with Gasteiger partial charge in [0.15, 0.2) is 5.96 Å². The first-order valence-corrected chi connectivity index (χ1v) is 11.6. The van der Waals surface area contributed by atoms with Crippen LogP contribution in [0.2, 0.25) is 0 Å². The van der Waals surface area contributed by atoms with E-state index < -0.39 is 35.5 Å². The van der Waals surface area contributed by atoms with Crippen LogP contribution in [0, 0.1) is 5.82 Å². The number of aliphatic imine (C=N–C) groups is 1. The fraction of sp³-hybridized carbons (Fsp3) is 0.423. The normalized spacial score (nSPS) is 21.9. The molecule has 4 rings (SSSR count). The van der Waals surface area contributed by atoms with Gasteiger partial charge < -0.3 is 20.9 Å². The van der Waals surface area contributed by atoms with E-state index in [-0.39, 0.29) is 30.5 Å². The number of hydrogen-bond donors (Lipinski definition) is 3. The fourth-order valence-electron chi connectivity index (χ4n) is 4.90. The third kappa shape index (κ3) is 5.21. The average molecular weight is 483 g/mol. The molecule has 0 saturated carbocycles. The van der Waals surface area contributed by atoms with Crippen molar-refractivity contribution in [2.45, 2.75) is 56.8 Å². The lowest BCUT2D eigenvalue weighted by atomic mass is 9.94. The molecule has 1 unspecified atom stereocenters. The molecule has 0 radical (unpaired) electrons. The largest absolute Gasteiger partial charge is 0.390 e. The molecule has 2 aromatic carbocycles. The highest BCUT2D eigenvalue weighted by Crippen LogP contribution is 2.33. The number of nitrogens with two attached hydrogens (primary N) is 1. The van der Waals surface area contributed by atoms with E-state index in [9.17, 15) is 19.1 Å². The second-order valence-electron chi connectivity index (χ2n) is 9.71. The fourth-order valence-corrected chi connectivity index (χ4v) is 4.90. The number of nitrogens with one attached hydrogen (secondary N) is 1. The van der Waals surface area contributed by atoms with E-state index >= 15 is 0 Å². The van der Waals surface area contributed by atoms with Crippen molar-refractivity contribution in [2.75, 3.05) is 13.7 Å². The first-order chi connectivity index (χ1) is 16.6. The van der Waals surface area contributed by atoms with Crippen molar-refractivity contribution in [1.29, 1.82) is 0 Å². The smallest absolute Gasteiger partial charge is 0.251 e. The summed E-state index contributed by atoms with van der Waals surface area (Å²) in [5.74, 6) is -1.33. The monoisotopic (exact) mass is 482 g/mol. The minimum absolute atomic E-state index is 0.0494. The van der Waals surface area contributed by atoms with Gasteiger partial charge in [0.25, 0.3) is 5.91 Å². The number of nitrogens with zero attached hydrogens (tertiary/aromatic N) is 2. The maximum absolute atomic E-state index is 14.8. The number of benzene rings is 2. The van der Waals surface area contributed by atoms with Crippen molar-refractivity contribution in [3.05, 3.63) is 70.5 Å². The van der Waals surface area contributed by atoms with E-state index in [2.05, 4.69) is 10.3 Å². The minimum atomic E-state index is -0.774. The summed E-state index contributed by atoms with van der Waals surface area (Å²) in [6.45, 7) is 3.92. The van der Waals surface area contributed by atoms with Gasteiger partial charge in [0.05, 0.1) is 30.1 Å². The van der Waals surface area contributed by atoms with Gasteiger partial charge in [-0.25, -0.2) is 9.38 Å². The lowest BCUT2D eigenvalue weighted by molar-refractivity contribution is -0.131. The molecule has 1 heterocycles. The van der Waals surface area contributed by atoms with Gasteiger partial charge >= 0.3 is 0 Å². The lowest BCUT2D eigenvalue weighted by Gasteiger charge is -2.38. The van der Waals surface area contributed by atoms with Crippen LogP contribution in [0.15, 0.2) is 47.5 Å². The molecule has 2 aliphatic rings. The molecular weight excluding hydrogens is 451 g/mol. The summed E-state index contributed by atoms with van der Waals surface area (Å²) in [7, 11) is 1.53. The number of fused-ring (bicyclic) bond motifs is 1. The number of carbonyl (C=O) groups excluding carboxylic acids is 2. The Morgan fingerprint density at radius 1 is 1.34 bits per heavy atom. The van der Waals surface area contributed by atoms with Crippen LogP contribution in [-0.4, -0.2) is 53.1 Å². The topological polar surface area (TPSA) is 117 Å². The Morgan fingerprint density at radius 2 is 2.09 bits per heavy atom. The van der Waals surface area contributed by atoms with Gasteiger partial charge in [-0.05, 0) is 55.2 Å². The molecular formula is C26H31FN4O4. The number of aliphatic hydroxyl groups excluding tert-OH is 1. The van der Waals surface area contributed by atoms with Gasteiger partial charge in [0, 0.05) is 25.7 Å². The Morgan fingerprint density at radius 3 is 2.80 bits per heavy atom. The molecule has 0 spiro atoms. The van der Waals surface area contributed by atoms with Gasteiger partial charge in [0.2, 0.25) is 5.91 Å². The third-order valence-corrected chi connectivity index (χ3v) is 6.48. The van der Waals surface area contributed by atoms with E-state index in [0.29, 0.717) is 18.4 Å². The molecule has 9 heteroatoms. The summed E-state index contributed by atoms with van der Waals surface area (Å²) in [5.41, 5.74) is 7.84. The molecule has 186 valence electrons. The number of hydrogen-bond acceptors (Lipinski definition) is 6. The Labute approximate surface area is 204 Å². The quantitative estimate of drug-likeness (QED) is 0.561. The zero-order valence-electron chi connectivity index (χ0n) is 20.1. The van der Waals surface area contributed by atoms with E-state index in [4.69, 9.17) is 10.5 Å². The standard InChI is InChI=1S/C26H31FN4O4/c1-26(2)14-22(33)31(25(28)30-26)20(8-9-35-3)16-10-17(12-18(27)11-16)24(34)29-23-19-7-5-4-6-15(19)13-21(23)32/h4-7,10-12,20-21,23,32H,8-9,13-14H2,1-3H3,(H2,28,30)(H,29,34)/t20?,21-,23-/m1/s1. The van der Waals surface area contributed by atoms with Crippen molar-refractivity contribution >= 4 is 17.8 Å². The van der Waals surface area contributed by atoms with Crippen LogP contribution in [0.25, 0.3) is 0 Å². The summed E-state index contributed by atoms with van der Waals surface area (Å²) in [4.78, 5) is 31.9. The van der Waals surface area contributed by atoms with E-state index in [1.54, 1.807) is 6.07 Å². The Bertz CT molecular complexity index is 1170. The predicted octanol–water partition coefficient (Wildman–Crippen LogP) is 2.62. The van der Waals surface area contributed by atoms with Crippen LogP contribution in [-0.2, 0) is 16.0 Å². The van der Waals surface area contributed by atoms with Crippen molar-refractivity contribution < 1.29 is 23.8 Å². The number of amides is 2. The number of halogens is 1. The SMILES string of the molecule is COCCC(c1cc(F)cc(C(=O)N[C@@H]2c3ccccc3C[C@H]2O)c1)N1C(=O)CC(C)(C)N=C1N. The van der Waals surface area contributed by atoms with Crippen LogP contribution >= 0.6 is 0 Å². The highest BCUT2D eigenvalue weighted by atomic mass is 19.1. The lowest BCUT2D eigenvalue weighted by Crippen LogP contribution is -2.51. The Kier molecular flexibility index (Phi) is 6.91. The van der Waals surface area contributed by atoms with Crippen molar-refractivity contribution in [3.8, 4) is 0 Å². The molecule has 0 bridgehead atoms. The van der Waals surface area contributed by atoms with E-state index in [1.807, 2.05) is 38.1 Å². The first-order valence-electron chi connectivity index (χ1n) is 11.6. The summed E-state index contributed by atoms with van der Waals surface area (Å²) < 4.78 is 20.0. The molecule has 2 amide bonds. The third-order valence-electron chi connectivity index (χ3n) is 6.48. The molecule has 0 saturated heterocycles. The van der Waals surface area contributed by atoms with E-state index in [0.717, 1.165) is 17.2 Å². The average Bonchev–Trinajstić information content (AvgIpc) is 3.09. The summed E-state index contributed by atoms with van der Waals surface area (Å²) in [6, 6.07) is 10.2. The van der Waals surface area contributed by atoms with Crippen LogP contribution in [0.1, 0.15) is 65.8 Å². The molecule has 0 fully saturated rings. The van der Waals surface area contributed by atoms with Crippen molar-refractivity contribution in [3.63, 3.8) is 0 Å². The number of methoxy groups -OCH3 is 1. The molecule has 4 N–H and O–H groups in total. The second-order valence-corrected chi connectivity index (χ2v) is 9.71.